The van der Waals surface area contributed by atoms with Gasteiger partial charge in [-0.2, -0.15) is 10.8 Å². The van der Waals surface area contributed by atoms with Gasteiger partial charge in [-0.25, -0.2) is 0 Å². The van der Waals surface area contributed by atoms with Crippen molar-refractivity contribution in [2.45, 2.75) is 348 Å². The zero-order chi connectivity index (χ0) is 63.1. The van der Waals surface area contributed by atoms with Crippen molar-refractivity contribution in [2.75, 3.05) is 26.6 Å². The number of hydrogen-bond donors (Lipinski definition) is 0. The van der Waals surface area contributed by atoms with E-state index in [0.717, 1.165) is 19.8 Å². The Labute approximate surface area is 550 Å². The monoisotopic (exact) mass is 1270 g/mol. The Bertz CT molecular complexity index is 1120. The third kappa shape index (κ3) is 193. The number of ketones is 1. The van der Waals surface area contributed by atoms with E-state index >= 15 is 0 Å². The van der Waals surface area contributed by atoms with Crippen LogP contribution in [-0.4, -0.2) is 56.0 Å². The van der Waals surface area contributed by atoms with Gasteiger partial charge in [-0.1, -0.05) is 243 Å². The molecule has 0 saturated heterocycles. The van der Waals surface area contributed by atoms with Crippen LogP contribution < -0.4 is 0 Å². The Balaban J connectivity index is -0.0000000562. The fourth-order valence-corrected chi connectivity index (χ4v) is 4.52. The number of Topliss-reactive ketones (excluding diaryl/α,β-unsaturated/α-hetero) is 1. The van der Waals surface area contributed by atoms with Crippen LogP contribution in [0.5, 0.6) is 0 Å². The number of carbonyl (C=O) groups is 1. The molecule has 0 aliphatic rings. The summed E-state index contributed by atoms with van der Waals surface area (Å²) in [4.78, 5) is 19.2. The first-order valence-corrected chi connectivity index (χ1v) is 28.1. The normalized spacial score (nSPS) is 12.5. The Morgan fingerprint density at radius 1 is 0.333 bits per heavy atom. The third-order valence-electron chi connectivity index (χ3n) is 7.20. The molecule has 0 unspecified atom stereocenters. The fourth-order valence-electron chi connectivity index (χ4n) is 4.52. The van der Waals surface area contributed by atoms with Gasteiger partial charge in [-0.3, -0.25) is 11.6 Å². The molecule has 0 aliphatic carbocycles. The number of carbonyl (C=O) groups excluding carboxylic acids is 2. The van der Waals surface area contributed by atoms with Crippen molar-refractivity contribution in [3.63, 3.8) is 0 Å². The van der Waals surface area contributed by atoms with E-state index in [2.05, 4.69) is 270 Å². The summed E-state index contributed by atoms with van der Waals surface area (Å²) in [6, 6.07) is 0. The molecular weight excluding hydrogens is 1110 g/mol. The van der Waals surface area contributed by atoms with Crippen LogP contribution in [-0.2, 0) is 94.0 Å². The summed E-state index contributed by atoms with van der Waals surface area (Å²) in [5, 5.41) is 0. The largest absolute Gasteiger partial charge is 0.545 e. The number of hydrogen-bond acceptors (Lipinski definition) is 6. The van der Waals surface area contributed by atoms with Gasteiger partial charge in [0.25, 0.3) is 0 Å². The third-order valence-corrected chi connectivity index (χ3v) is 7.20. The molecule has 480 valence electrons. The molecule has 0 bridgehead atoms. The van der Waals surface area contributed by atoms with E-state index in [-0.39, 0.29) is 135 Å². The maximum atomic E-state index is 11.5. The second kappa shape index (κ2) is 46.6. The van der Waals surface area contributed by atoms with E-state index in [0.29, 0.717) is 40.7 Å². The number of ether oxygens (including phenoxy) is 4. The Morgan fingerprint density at radius 2 is 0.538 bits per heavy atom. The summed E-state index contributed by atoms with van der Waals surface area (Å²) in [5.41, 5.74) is 3.15. The average Bonchev–Trinajstić information content (AvgIpc) is 2.99. The standard InChI is InChI=1S/C10H22O2.C10H20O.C10H22.2C9H20O.C9H20.2C5H11.CHO.2CH4.2Y/c1-9(2,3)7-11-8-12-10(4,5)6;1-9(2,3)7-8(11)10(4,5)6;1-9(2,3)7-8-10(4,5)6;2*1-8(2,3)7-10-9(4,5)6;1-8(2,3)7-9(4,5)6;2*1-5(2,3)4;1-2;;;;/h7-8H2,1-6H3;7H2,1-6H3;7-8H2,1-6H3;2*7H2,1-6H3;7H2,1-6H3;2*1H2,2-4H3;1H;2*1H4;;/q;;;;;;3*-1;;;;. The van der Waals surface area contributed by atoms with Crippen LogP contribution in [0.25, 0.3) is 0 Å². The second-order valence-electron chi connectivity index (χ2n) is 36.7. The van der Waals surface area contributed by atoms with Gasteiger partial charge in [0.05, 0.1) is 36.6 Å². The van der Waals surface area contributed by atoms with E-state index in [1.54, 1.807) is 0 Å². The molecule has 0 aliphatic heterocycles. The quantitative estimate of drug-likeness (QED) is 0.109. The van der Waals surface area contributed by atoms with Crippen LogP contribution >= 0.6 is 0 Å². The van der Waals surface area contributed by atoms with Crippen molar-refractivity contribution in [1.82, 2.24) is 0 Å². The molecular formula is C70H155O6Y2-3. The van der Waals surface area contributed by atoms with E-state index in [1.165, 1.54) is 19.3 Å². The van der Waals surface area contributed by atoms with Gasteiger partial charge < -0.3 is 37.6 Å². The smallest absolute Gasteiger partial charge is 0.147 e. The van der Waals surface area contributed by atoms with Gasteiger partial charge in [-0.05, 0) is 125 Å². The Hall–Kier alpha value is 1.39. The fraction of sp³-hybridized carbons (Fsp3) is 0.943. The molecule has 2 radical (unpaired) electrons. The molecule has 0 spiro atoms. The summed E-state index contributed by atoms with van der Waals surface area (Å²) in [5.74, 6) is 0.352. The molecule has 8 heteroatoms. The molecule has 0 heterocycles. The first-order valence-electron chi connectivity index (χ1n) is 28.1. The van der Waals surface area contributed by atoms with Gasteiger partial charge in [0, 0.05) is 77.3 Å². The van der Waals surface area contributed by atoms with Gasteiger partial charge >= 0.3 is 0 Å². The average molecular weight is 1270 g/mol. The van der Waals surface area contributed by atoms with Crippen LogP contribution in [0.1, 0.15) is 331 Å². The molecule has 0 N–H and O–H groups in total. The summed E-state index contributed by atoms with van der Waals surface area (Å²) in [6.07, 6.45) is 4.63. The van der Waals surface area contributed by atoms with Crippen LogP contribution in [0.2, 0.25) is 0 Å². The topological polar surface area (TPSA) is 71.1 Å². The van der Waals surface area contributed by atoms with Crippen molar-refractivity contribution < 1.29 is 94.0 Å². The summed E-state index contributed by atoms with van der Waals surface area (Å²) in [6.45, 7) is 104. The molecule has 0 amide bonds. The molecule has 0 saturated carbocycles. The Morgan fingerprint density at radius 3 is 0.628 bits per heavy atom. The van der Waals surface area contributed by atoms with Gasteiger partial charge in [0.1, 0.15) is 12.6 Å². The molecule has 0 aromatic carbocycles. The van der Waals surface area contributed by atoms with Crippen LogP contribution in [0.3, 0.4) is 0 Å². The SMILES string of the molecule is C.C.CC(C)(C)CC(=O)C(C)(C)C.CC(C)(C)CC(C)(C)C.CC(C)(C)CCC(C)(C)C.CC(C)(C)COC(C)(C)C.CC(C)(C)COC(C)(C)C.CC(C)(C)COCOC(C)(C)C.[CH-]=O.[CH2-]C(C)(C)C.[CH2-]C(C)(C)C.[Y].[Y]. The van der Waals surface area contributed by atoms with Crippen molar-refractivity contribution in [3.8, 4) is 0 Å². The van der Waals surface area contributed by atoms with E-state index < -0.39 is 0 Å². The van der Waals surface area contributed by atoms with Gasteiger partial charge in [-0.15, -0.1) is 0 Å². The minimum Gasteiger partial charge on any atom is -0.545 e. The van der Waals surface area contributed by atoms with E-state index in [1.807, 2.05) is 41.5 Å². The van der Waals surface area contributed by atoms with Crippen LogP contribution in [0.4, 0.5) is 0 Å². The van der Waals surface area contributed by atoms with Crippen LogP contribution in [0, 0.1) is 73.4 Å². The molecule has 0 aromatic heterocycles. The zero-order valence-electron chi connectivity index (χ0n) is 60.8. The van der Waals surface area contributed by atoms with Crippen molar-refractivity contribution in [1.29, 1.82) is 0 Å². The maximum Gasteiger partial charge on any atom is 0.147 e. The molecule has 0 fully saturated rings. The summed E-state index contributed by atoms with van der Waals surface area (Å²) < 4.78 is 21.9. The minimum atomic E-state index is -0.173. The molecule has 0 atom stereocenters. The van der Waals surface area contributed by atoms with Crippen molar-refractivity contribution in [3.05, 3.63) is 13.8 Å². The predicted octanol–water partition coefficient (Wildman–Crippen LogP) is 23.6. The summed E-state index contributed by atoms with van der Waals surface area (Å²) in [7, 11) is 0. The molecule has 0 aromatic rings. The minimum absolute atomic E-state index is 0. The Kier molecular flexibility index (Phi) is 66.1. The maximum absolute atomic E-state index is 11.5. The molecule has 0 rings (SSSR count). The van der Waals surface area contributed by atoms with Crippen LogP contribution in [0.15, 0.2) is 0 Å². The predicted molar refractivity (Wildman–Crippen MR) is 351 cm³/mol. The first-order chi connectivity index (χ1) is 31.2. The number of rotatable bonds is 7. The molecule has 6 nitrogen and oxygen atoms in total. The van der Waals surface area contributed by atoms with E-state index in [4.69, 9.17) is 23.7 Å². The van der Waals surface area contributed by atoms with Gasteiger partial charge in [0.2, 0.25) is 0 Å². The van der Waals surface area contributed by atoms with Crippen molar-refractivity contribution >= 4 is 12.6 Å². The van der Waals surface area contributed by atoms with Crippen molar-refractivity contribution in [2.24, 2.45) is 59.6 Å². The van der Waals surface area contributed by atoms with Gasteiger partial charge in [0.15, 0.2) is 0 Å². The first kappa shape index (κ1) is 111. The summed E-state index contributed by atoms with van der Waals surface area (Å²) >= 11 is 0. The molecule has 78 heavy (non-hydrogen) atoms. The van der Waals surface area contributed by atoms with E-state index in [9.17, 15) is 4.79 Å². The zero-order valence-corrected chi connectivity index (χ0v) is 66.4. The second-order valence-corrected chi connectivity index (χ2v) is 36.7.